The second-order valence-corrected chi connectivity index (χ2v) is 7.47. The minimum absolute atomic E-state index is 0.0978. The number of fused-ring (bicyclic) bond motifs is 1. The Bertz CT molecular complexity index is 1230. The zero-order valence-electron chi connectivity index (χ0n) is 15.9. The average Bonchev–Trinajstić information content (AvgIpc) is 3.40. The van der Waals surface area contributed by atoms with E-state index >= 15 is 0 Å². The molecule has 4 aromatic rings. The molecule has 0 aliphatic carbocycles. The molecule has 1 aliphatic heterocycles. The number of aromatic amines is 1. The van der Waals surface area contributed by atoms with E-state index in [2.05, 4.69) is 15.1 Å². The highest BCUT2D eigenvalue weighted by atomic mass is 19.1. The lowest BCUT2D eigenvalue weighted by Crippen LogP contribution is -2.39. The lowest BCUT2D eigenvalue weighted by molar-refractivity contribution is 0.0690. The van der Waals surface area contributed by atoms with E-state index in [0.29, 0.717) is 47.0 Å². The predicted molar refractivity (Wildman–Crippen MR) is 106 cm³/mol. The van der Waals surface area contributed by atoms with Crippen LogP contribution in [0, 0.1) is 11.6 Å². The molecule has 6 nitrogen and oxygen atoms in total. The molecule has 0 spiro atoms. The van der Waals surface area contributed by atoms with E-state index in [1.807, 2.05) is 0 Å². The molecule has 0 radical (unpaired) electrons. The number of carbonyl (C=O) groups is 1. The van der Waals surface area contributed by atoms with Crippen LogP contribution in [0.1, 0.15) is 35.1 Å². The molecule has 2 aromatic carbocycles. The zero-order chi connectivity index (χ0) is 20.7. The van der Waals surface area contributed by atoms with Gasteiger partial charge >= 0.3 is 0 Å². The molecule has 1 amide bonds. The molecule has 1 atom stereocenters. The van der Waals surface area contributed by atoms with Gasteiger partial charge in [-0.15, -0.1) is 0 Å². The second kappa shape index (κ2) is 7.37. The zero-order valence-corrected chi connectivity index (χ0v) is 15.9. The van der Waals surface area contributed by atoms with Gasteiger partial charge in [-0.3, -0.25) is 4.79 Å². The number of aromatic nitrogens is 3. The van der Waals surface area contributed by atoms with Crippen molar-refractivity contribution in [2.75, 3.05) is 13.1 Å². The molecule has 30 heavy (non-hydrogen) atoms. The first-order valence-corrected chi connectivity index (χ1v) is 9.74. The molecule has 1 N–H and O–H groups in total. The number of piperidine rings is 1. The summed E-state index contributed by atoms with van der Waals surface area (Å²) in [5.74, 6) is -0.202. The van der Waals surface area contributed by atoms with Crippen LogP contribution in [0.4, 0.5) is 8.78 Å². The highest BCUT2D eigenvalue weighted by Crippen LogP contribution is 2.29. The Morgan fingerprint density at radius 1 is 1.13 bits per heavy atom. The monoisotopic (exact) mass is 408 g/mol. The van der Waals surface area contributed by atoms with Gasteiger partial charge in [-0.1, -0.05) is 17.3 Å². The normalized spacial score (nSPS) is 16.9. The smallest absolute Gasteiger partial charge is 0.270 e. The molecule has 152 valence electrons. The summed E-state index contributed by atoms with van der Waals surface area (Å²) in [6.45, 7) is 1.05. The maximum Gasteiger partial charge on any atom is 0.270 e. The molecule has 2 aromatic heterocycles. The molecule has 0 saturated carbocycles. The number of likely N-dealkylation sites (tertiary alicyclic amines) is 1. The molecule has 3 heterocycles. The van der Waals surface area contributed by atoms with Gasteiger partial charge < -0.3 is 14.4 Å². The predicted octanol–water partition coefficient (Wildman–Crippen LogP) is 4.52. The number of carbonyl (C=O) groups excluding carboxylic acids is 1. The van der Waals surface area contributed by atoms with Crippen molar-refractivity contribution >= 4 is 16.8 Å². The van der Waals surface area contributed by atoms with Crippen molar-refractivity contribution in [3.63, 3.8) is 0 Å². The Morgan fingerprint density at radius 2 is 2.00 bits per heavy atom. The quantitative estimate of drug-likeness (QED) is 0.541. The van der Waals surface area contributed by atoms with Crippen molar-refractivity contribution in [2.24, 2.45) is 0 Å². The van der Waals surface area contributed by atoms with E-state index < -0.39 is 0 Å². The molecule has 8 heteroatoms. The van der Waals surface area contributed by atoms with Crippen molar-refractivity contribution in [1.29, 1.82) is 0 Å². The van der Waals surface area contributed by atoms with Crippen LogP contribution in [-0.4, -0.2) is 39.0 Å². The van der Waals surface area contributed by atoms with Crippen LogP contribution in [-0.2, 0) is 0 Å². The van der Waals surface area contributed by atoms with E-state index in [4.69, 9.17) is 4.52 Å². The summed E-state index contributed by atoms with van der Waals surface area (Å²) in [4.78, 5) is 22.2. The summed E-state index contributed by atoms with van der Waals surface area (Å²) in [5, 5.41) is 4.63. The minimum atomic E-state index is -0.369. The number of benzene rings is 2. The number of hydrogen-bond acceptors (Lipinski definition) is 4. The number of halogens is 2. The molecule has 1 unspecified atom stereocenters. The highest BCUT2D eigenvalue weighted by Gasteiger charge is 2.30. The average molecular weight is 408 g/mol. The molecule has 0 bridgehead atoms. The highest BCUT2D eigenvalue weighted by molar-refractivity contribution is 5.98. The van der Waals surface area contributed by atoms with Gasteiger partial charge in [0.05, 0.1) is 5.92 Å². The van der Waals surface area contributed by atoms with Gasteiger partial charge in [-0.25, -0.2) is 8.78 Å². The number of H-pyrrole nitrogens is 1. The van der Waals surface area contributed by atoms with Crippen LogP contribution in [0.5, 0.6) is 0 Å². The van der Waals surface area contributed by atoms with E-state index in [1.54, 1.807) is 29.2 Å². The van der Waals surface area contributed by atoms with Crippen molar-refractivity contribution in [2.45, 2.75) is 18.8 Å². The number of nitrogens with zero attached hydrogens (tertiary/aromatic N) is 3. The van der Waals surface area contributed by atoms with Gasteiger partial charge in [0.25, 0.3) is 5.91 Å². The van der Waals surface area contributed by atoms with Crippen LogP contribution >= 0.6 is 0 Å². The maximum absolute atomic E-state index is 13.5. The molecule has 1 saturated heterocycles. The molecule has 1 aliphatic rings. The fourth-order valence-electron chi connectivity index (χ4n) is 3.90. The molecule has 5 rings (SSSR count). The van der Waals surface area contributed by atoms with Gasteiger partial charge in [0.2, 0.25) is 11.7 Å². The van der Waals surface area contributed by atoms with E-state index in [0.717, 1.165) is 12.8 Å². The van der Waals surface area contributed by atoms with Crippen LogP contribution in [0.3, 0.4) is 0 Å². The van der Waals surface area contributed by atoms with E-state index in [-0.39, 0.29) is 23.5 Å². The van der Waals surface area contributed by atoms with Gasteiger partial charge in [0.1, 0.15) is 17.3 Å². The number of amides is 1. The topological polar surface area (TPSA) is 75.0 Å². The third-order valence-electron chi connectivity index (χ3n) is 5.40. The first-order chi connectivity index (χ1) is 14.6. The summed E-state index contributed by atoms with van der Waals surface area (Å²) >= 11 is 0. The first-order valence-electron chi connectivity index (χ1n) is 9.74. The Morgan fingerprint density at radius 3 is 2.87 bits per heavy atom. The van der Waals surface area contributed by atoms with Crippen LogP contribution in [0.15, 0.2) is 53.1 Å². The van der Waals surface area contributed by atoms with E-state index in [9.17, 15) is 13.6 Å². The Labute approximate surface area is 170 Å². The van der Waals surface area contributed by atoms with Gasteiger partial charge in [0, 0.05) is 29.6 Å². The van der Waals surface area contributed by atoms with Crippen LogP contribution in [0.25, 0.3) is 22.3 Å². The number of hydrogen-bond donors (Lipinski definition) is 1. The third-order valence-corrected chi connectivity index (χ3v) is 5.40. The summed E-state index contributed by atoms with van der Waals surface area (Å²) < 4.78 is 32.3. The largest absolute Gasteiger partial charge is 0.351 e. The summed E-state index contributed by atoms with van der Waals surface area (Å²) in [6, 6.07) is 12.1. The fraction of sp³-hybridized carbons (Fsp3) is 0.227. The van der Waals surface area contributed by atoms with Crippen LogP contribution < -0.4 is 0 Å². The third kappa shape index (κ3) is 3.45. The standard InChI is InChI=1S/C22H18F2N4O2/c23-16-5-1-3-13(9-16)20-26-21(30-27-20)14-4-2-8-28(12-14)22(29)19-11-15-10-17(24)6-7-18(15)25-19/h1,3,5-7,9-11,14,25H,2,4,8,12H2. The molecular formula is C22H18F2N4O2. The second-order valence-electron chi connectivity index (χ2n) is 7.47. The fourth-order valence-corrected chi connectivity index (χ4v) is 3.90. The van der Waals surface area contributed by atoms with Gasteiger partial charge in [-0.2, -0.15) is 4.98 Å². The summed E-state index contributed by atoms with van der Waals surface area (Å²) in [7, 11) is 0. The SMILES string of the molecule is O=C(c1cc2cc(F)ccc2[nH]1)N1CCCC(c2nc(-c3cccc(F)c3)no2)C1. The number of rotatable bonds is 3. The maximum atomic E-state index is 13.5. The Hall–Kier alpha value is -3.55. The lowest BCUT2D eigenvalue weighted by atomic mass is 9.97. The molecule has 1 fully saturated rings. The summed E-state index contributed by atoms with van der Waals surface area (Å²) in [5.41, 5.74) is 1.67. The molecular weight excluding hydrogens is 390 g/mol. The van der Waals surface area contributed by atoms with Gasteiger partial charge in [0.15, 0.2) is 0 Å². The van der Waals surface area contributed by atoms with Crippen molar-refractivity contribution < 1.29 is 18.1 Å². The van der Waals surface area contributed by atoms with Crippen molar-refractivity contribution in [3.05, 3.63) is 71.8 Å². The minimum Gasteiger partial charge on any atom is -0.351 e. The lowest BCUT2D eigenvalue weighted by Gasteiger charge is -2.30. The van der Waals surface area contributed by atoms with Crippen LogP contribution in [0.2, 0.25) is 0 Å². The van der Waals surface area contributed by atoms with E-state index in [1.165, 1.54) is 24.3 Å². The van der Waals surface area contributed by atoms with Gasteiger partial charge in [-0.05, 0) is 49.2 Å². The summed E-state index contributed by atoms with van der Waals surface area (Å²) in [6.07, 6.45) is 1.61. The Balaban J connectivity index is 1.35. The first kappa shape index (κ1) is 18.5. The van der Waals surface area contributed by atoms with Crippen molar-refractivity contribution in [3.8, 4) is 11.4 Å². The van der Waals surface area contributed by atoms with Crippen molar-refractivity contribution in [1.82, 2.24) is 20.0 Å². The Kier molecular flexibility index (Phi) is 4.54. The number of nitrogens with one attached hydrogen (secondary N) is 1.